The average molecular weight is 401 g/mol. The van der Waals surface area contributed by atoms with Gasteiger partial charge < -0.3 is 9.57 Å². The molecule has 0 bridgehead atoms. The normalized spacial score (nSPS) is 10.7. The molecule has 0 saturated heterocycles. The highest BCUT2D eigenvalue weighted by Gasteiger charge is 2.30. The molecule has 0 aliphatic carbocycles. The van der Waals surface area contributed by atoms with Crippen molar-refractivity contribution in [1.29, 1.82) is 5.41 Å². The summed E-state index contributed by atoms with van der Waals surface area (Å²) in [5.41, 5.74) is 2.12. The first kappa shape index (κ1) is 19.3. The number of nitrogens with one attached hydrogen (secondary N) is 2. The zero-order valence-electron chi connectivity index (χ0n) is 13.5. The average Bonchev–Trinajstić information content (AvgIpc) is 2.61. The van der Waals surface area contributed by atoms with Gasteiger partial charge in [0.15, 0.2) is 0 Å². The van der Waals surface area contributed by atoms with E-state index in [1.165, 1.54) is 38.3 Å². The van der Waals surface area contributed by atoms with E-state index >= 15 is 0 Å². The molecule has 1 heterocycles. The Hall–Kier alpha value is -2.99. The Labute approximate surface area is 153 Å². The lowest BCUT2D eigenvalue weighted by atomic mass is 10.4. The van der Waals surface area contributed by atoms with Gasteiger partial charge in [-0.05, 0) is 24.3 Å². The molecule has 0 radical (unpaired) electrons. The number of halogens is 1. The maximum atomic E-state index is 12.5. The van der Waals surface area contributed by atoms with Gasteiger partial charge in [0, 0.05) is 0 Å². The van der Waals surface area contributed by atoms with Gasteiger partial charge in [0.25, 0.3) is 15.9 Å². The summed E-state index contributed by atoms with van der Waals surface area (Å²) in [5, 5.41) is 17.8. The standard InChI is InChI=1S/C13H13ClN6O5S/c1-8-11(12(24-2)17-19-16-8)25-18-13(21)20(7-15)26(22,23)10-6-4-3-5-9(10)14/h3-7,15H,1-2H3,(H,18,21). The summed E-state index contributed by atoms with van der Waals surface area (Å²) in [6.07, 6.45) is 0.310. The van der Waals surface area contributed by atoms with E-state index in [1.54, 1.807) is 0 Å². The number of methoxy groups -OCH3 is 1. The van der Waals surface area contributed by atoms with Gasteiger partial charge in [0.1, 0.15) is 16.9 Å². The van der Waals surface area contributed by atoms with Crippen molar-refractivity contribution in [3.05, 3.63) is 35.0 Å². The fourth-order valence-electron chi connectivity index (χ4n) is 1.76. The van der Waals surface area contributed by atoms with Crippen LogP contribution in [0.1, 0.15) is 5.69 Å². The molecule has 2 rings (SSSR count). The molecular formula is C13H13ClN6O5S. The van der Waals surface area contributed by atoms with E-state index in [0.29, 0.717) is 6.34 Å². The van der Waals surface area contributed by atoms with Crippen molar-refractivity contribution in [1.82, 2.24) is 25.2 Å². The van der Waals surface area contributed by atoms with Crippen molar-refractivity contribution in [2.24, 2.45) is 0 Å². The molecule has 0 unspecified atom stereocenters. The van der Waals surface area contributed by atoms with Gasteiger partial charge in [-0.3, -0.25) is 5.41 Å². The fraction of sp³-hybridized carbons (Fsp3) is 0.154. The van der Waals surface area contributed by atoms with Crippen LogP contribution in [0.2, 0.25) is 5.02 Å². The number of hydrogen-bond donors (Lipinski definition) is 2. The SMILES string of the molecule is COc1nnnc(C)c1ONC(=O)N(C=N)S(=O)(=O)c1ccccc1Cl. The van der Waals surface area contributed by atoms with E-state index in [-0.39, 0.29) is 31.5 Å². The second-order valence-electron chi connectivity index (χ2n) is 4.58. The largest absolute Gasteiger partial charge is 0.477 e. The van der Waals surface area contributed by atoms with E-state index in [9.17, 15) is 13.2 Å². The summed E-state index contributed by atoms with van der Waals surface area (Å²) >= 11 is 5.86. The van der Waals surface area contributed by atoms with Crippen molar-refractivity contribution in [3.8, 4) is 11.6 Å². The summed E-state index contributed by atoms with van der Waals surface area (Å²) in [6, 6.07) is 4.23. The summed E-state index contributed by atoms with van der Waals surface area (Å²) in [7, 11) is -3.12. The Morgan fingerprint density at radius 1 is 1.35 bits per heavy atom. The first-order valence-electron chi connectivity index (χ1n) is 6.83. The highest BCUT2D eigenvalue weighted by atomic mass is 35.5. The van der Waals surface area contributed by atoms with Gasteiger partial charge in [0.05, 0.1) is 12.1 Å². The highest BCUT2D eigenvalue weighted by Crippen LogP contribution is 2.26. The Bertz CT molecular complexity index is 938. The Morgan fingerprint density at radius 2 is 2.04 bits per heavy atom. The molecule has 26 heavy (non-hydrogen) atoms. The zero-order chi connectivity index (χ0) is 19.3. The Balaban J connectivity index is 2.25. The molecule has 2 aromatic rings. The van der Waals surface area contributed by atoms with Crippen LogP contribution in [0.3, 0.4) is 0 Å². The molecule has 0 fully saturated rings. The number of hydrogen-bond acceptors (Lipinski definition) is 9. The molecule has 13 heteroatoms. The number of aryl methyl sites for hydroxylation is 1. The number of hydroxylamine groups is 1. The molecule has 0 saturated carbocycles. The predicted octanol–water partition coefficient (Wildman–Crippen LogP) is 1.14. The van der Waals surface area contributed by atoms with Crippen LogP contribution >= 0.6 is 11.6 Å². The number of nitrogens with zero attached hydrogens (tertiary/aromatic N) is 4. The summed E-state index contributed by atoms with van der Waals surface area (Å²) in [5.74, 6) is -0.149. The van der Waals surface area contributed by atoms with Crippen LogP contribution in [-0.4, -0.2) is 47.6 Å². The van der Waals surface area contributed by atoms with Crippen molar-refractivity contribution in [2.45, 2.75) is 11.8 Å². The van der Waals surface area contributed by atoms with Crippen LogP contribution in [-0.2, 0) is 10.0 Å². The number of carbonyl (C=O) groups is 1. The van der Waals surface area contributed by atoms with Crippen LogP contribution in [0.15, 0.2) is 29.2 Å². The molecule has 1 aromatic carbocycles. The number of urea groups is 1. The van der Waals surface area contributed by atoms with E-state index in [0.717, 1.165) is 0 Å². The predicted molar refractivity (Wildman–Crippen MR) is 89.5 cm³/mol. The third kappa shape index (κ3) is 3.81. The highest BCUT2D eigenvalue weighted by molar-refractivity contribution is 7.90. The van der Waals surface area contributed by atoms with Gasteiger partial charge >= 0.3 is 6.03 Å². The number of ether oxygens (including phenoxy) is 1. The van der Waals surface area contributed by atoms with Crippen LogP contribution in [0.5, 0.6) is 11.6 Å². The maximum Gasteiger partial charge on any atom is 0.369 e. The van der Waals surface area contributed by atoms with Crippen LogP contribution in [0.25, 0.3) is 0 Å². The van der Waals surface area contributed by atoms with Gasteiger partial charge in [-0.15, -0.1) is 5.10 Å². The molecule has 0 atom stereocenters. The molecule has 138 valence electrons. The number of aromatic nitrogens is 3. The number of amides is 2. The quantitative estimate of drug-likeness (QED) is 0.416. The first-order chi connectivity index (χ1) is 12.3. The van der Waals surface area contributed by atoms with Gasteiger partial charge in [0.2, 0.25) is 5.75 Å². The zero-order valence-corrected chi connectivity index (χ0v) is 15.1. The van der Waals surface area contributed by atoms with E-state index in [1.807, 2.05) is 5.48 Å². The van der Waals surface area contributed by atoms with Crippen LogP contribution in [0.4, 0.5) is 4.79 Å². The lowest BCUT2D eigenvalue weighted by Crippen LogP contribution is -2.44. The monoisotopic (exact) mass is 400 g/mol. The number of carbonyl (C=O) groups excluding carboxylic acids is 1. The minimum atomic E-state index is -4.42. The second kappa shape index (κ2) is 7.93. The van der Waals surface area contributed by atoms with E-state index in [4.69, 9.17) is 26.6 Å². The first-order valence-corrected chi connectivity index (χ1v) is 8.65. The maximum absolute atomic E-state index is 12.5. The molecule has 0 aliphatic heterocycles. The van der Waals surface area contributed by atoms with Gasteiger partial charge in [-0.1, -0.05) is 28.8 Å². The minimum absolute atomic E-state index is 0.0732. The number of benzene rings is 1. The third-order valence-corrected chi connectivity index (χ3v) is 5.12. The molecule has 1 aromatic heterocycles. The molecular weight excluding hydrogens is 388 g/mol. The summed E-state index contributed by atoms with van der Waals surface area (Å²) in [4.78, 5) is 16.9. The number of rotatable bonds is 6. The lowest BCUT2D eigenvalue weighted by molar-refractivity contribution is 0.165. The van der Waals surface area contributed by atoms with E-state index < -0.39 is 16.1 Å². The Morgan fingerprint density at radius 3 is 2.65 bits per heavy atom. The topological polar surface area (TPSA) is 147 Å². The molecule has 0 spiro atoms. The van der Waals surface area contributed by atoms with Gasteiger partial charge in [-0.25, -0.2) is 13.2 Å². The lowest BCUT2D eigenvalue weighted by Gasteiger charge is -2.18. The summed E-state index contributed by atoms with van der Waals surface area (Å²) < 4.78 is 30.1. The second-order valence-corrected chi connectivity index (χ2v) is 6.77. The molecule has 2 N–H and O–H groups in total. The molecule has 11 nitrogen and oxygen atoms in total. The van der Waals surface area contributed by atoms with Gasteiger partial charge in [-0.2, -0.15) is 9.79 Å². The van der Waals surface area contributed by atoms with Crippen molar-refractivity contribution >= 4 is 34.0 Å². The fourth-order valence-corrected chi connectivity index (χ4v) is 3.36. The van der Waals surface area contributed by atoms with Crippen molar-refractivity contribution in [2.75, 3.05) is 7.11 Å². The van der Waals surface area contributed by atoms with Crippen molar-refractivity contribution in [3.63, 3.8) is 0 Å². The van der Waals surface area contributed by atoms with Crippen LogP contribution < -0.4 is 15.1 Å². The van der Waals surface area contributed by atoms with Crippen LogP contribution in [0, 0.1) is 12.3 Å². The molecule has 0 aliphatic rings. The summed E-state index contributed by atoms with van der Waals surface area (Å²) in [6.45, 7) is 1.51. The van der Waals surface area contributed by atoms with E-state index in [2.05, 4.69) is 15.4 Å². The van der Waals surface area contributed by atoms with Crippen molar-refractivity contribution < 1.29 is 22.8 Å². The third-order valence-electron chi connectivity index (χ3n) is 2.98. The number of sulfonamides is 1. The smallest absolute Gasteiger partial charge is 0.369 e. The molecule has 2 amide bonds. The Kier molecular flexibility index (Phi) is 5.90. The minimum Gasteiger partial charge on any atom is -0.477 e.